The van der Waals surface area contributed by atoms with Crippen molar-refractivity contribution < 1.29 is 21.6 Å². The van der Waals surface area contributed by atoms with Crippen molar-refractivity contribution >= 4 is 31.3 Å². The summed E-state index contributed by atoms with van der Waals surface area (Å²) < 4.78 is 60.6. The molecule has 0 aliphatic heterocycles. The highest BCUT2D eigenvalue weighted by Crippen LogP contribution is 2.16. The van der Waals surface area contributed by atoms with Gasteiger partial charge in [-0.15, -0.1) is 0 Å². The van der Waals surface area contributed by atoms with Gasteiger partial charge in [0, 0.05) is 18.9 Å². The van der Waals surface area contributed by atoms with Gasteiger partial charge in [-0.05, 0) is 49.4 Å². The third kappa shape index (κ3) is 5.00. The van der Waals surface area contributed by atoms with E-state index >= 15 is 0 Å². The first kappa shape index (κ1) is 20.1. The van der Waals surface area contributed by atoms with Crippen LogP contribution in [-0.2, 0) is 20.0 Å². The quantitative estimate of drug-likeness (QED) is 0.537. The lowest BCUT2D eigenvalue weighted by Crippen LogP contribution is -2.31. The molecular formula is C17H20N4O5S2. The number of nitrogens with zero attached hydrogens (tertiary/aromatic N) is 2. The maximum Gasteiger partial charge on any atom is 0.240 e. The molecule has 150 valence electrons. The van der Waals surface area contributed by atoms with E-state index in [4.69, 9.17) is 4.74 Å². The Morgan fingerprint density at radius 2 is 1.82 bits per heavy atom. The van der Waals surface area contributed by atoms with E-state index in [2.05, 4.69) is 14.5 Å². The van der Waals surface area contributed by atoms with Gasteiger partial charge in [-0.2, -0.15) is 5.10 Å². The lowest BCUT2D eigenvalue weighted by atomic mass is 10.3. The monoisotopic (exact) mass is 424 g/mol. The molecule has 2 aromatic heterocycles. The van der Waals surface area contributed by atoms with Crippen molar-refractivity contribution in [3.8, 4) is 5.75 Å². The molecule has 0 atom stereocenters. The predicted molar refractivity (Wildman–Crippen MR) is 105 cm³/mol. The topological polar surface area (TPSA) is 119 Å². The average Bonchev–Trinajstić information content (AvgIpc) is 3.09. The molecule has 0 spiro atoms. The van der Waals surface area contributed by atoms with Crippen LogP contribution in [0.1, 0.15) is 6.92 Å². The maximum absolute atomic E-state index is 12.3. The second kappa shape index (κ2) is 8.17. The number of benzene rings is 1. The van der Waals surface area contributed by atoms with E-state index in [0.29, 0.717) is 18.0 Å². The lowest BCUT2D eigenvalue weighted by Gasteiger charge is -2.10. The molecule has 0 radical (unpaired) electrons. The van der Waals surface area contributed by atoms with Crippen molar-refractivity contribution in [2.24, 2.45) is 0 Å². The zero-order chi connectivity index (χ0) is 20.2. The largest absolute Gasteiger partial charge is 0.494 e. The number of fused-ring (bicyclic) bond motifs is 1. The second-order valence-electron chi connectivity index (χ2n) is 5.84. The van der Waals surface area contributed by atoms with Crippen LogP contribution in [0.4, 0.5) is 5.69 Å². The Bertz CT molecular complexity index is 1160. The second-order valence-corrected chi connectivity index (χ2v) is 9.45. The van der Waals surface area contributed by atoms with Crippen LogP contribution >= 0.6 is 0 Å². The lowest BCUT2D eigenvalue weighted by molar-refractivity contribution is 0.340. The standard InChI is InChI=1S/C17H20N4O5S2/c1-2-26-16-3-5-17(6-4-16)28(24,25)19-10-12-27(22,23)20-14-8-11-21-15(13-14)7-9-18-21/h3-9,11,13,19-20H,2,10,12H2,1H3. The first-order valence-corrected chi connectivity index (χ1v) is 11.6. The fourth-order valence-corrected chi connectivity index (χ4v) is 4.61. The van der Waals surface area contributed by atoms with Gasteiger partial charge in [-0.25, -0.2) is 26.1 Å². The Balaban J connectivity index is 1.59. The van der Waals surface area contributed by atoms with Gasteiger partial charge in [0.25, 0.3) is 0 Å². The highest BCUT2D eigenvalue weighted by atomic mass is 32.2. The molecule has 0 fully saturated rings. The minimum Gasteiger partial charge on any atom is -0.494 e. The Morgan fingerprint density at radius 1 is 1.07 bits per heavy atom. The summed E-state index contributed by atoms with van der Waals surface area (Å²) in [4.78, 5) is 0.0347. The molecule has 11 heteroatoms. The van der Waals surface area contributed by atoms with Crippen molar-refractivity contribution in [3.63, 3.8) is 0 Å². The Hall–Kier alpha value is -2.63. The van der Waals surface area contributed by atoms with Crippen LogP contribution in [-0.4, -0.2) is 45.4 Å². The number of sulfonamides is 2. The van der Waals surface area contributed by atoms with Crippen LogP contribution in [0, 0.1) is 0 Å². The number of pyridine rings is 1. The number of aromatic nitrogens is 2. The smallest absolute Gasteiger partial charge is 0.240 e. The maximum atomic E-state index is 12.3. The molecule has 3 aromatic rings. The first-order valence-electron chi connectivity index (χ1n) is 8.45. The molecule has 0 unspecified atom stereocenters. The third-order valence-electron chi connectivity index (χ3n) is 3.78. The summed E-state index contributed by atoms with van der Waals surface area (Å²) in [5.74, 6) is 0.150. The Kier molecular flexibility index (Phi) is 5.87. The number of hydrogen-bond acceptors (Lipinski definition) is 6. The third-order valence-corrected chi connectivity index (χ3v) is 6.55. The van der Waals surface area contributed by atoms with Gasteiger partial charge in [0.2, 0.25) is 20.0 Å². The summed E-state index contributed by atoms with van der Waals surface area (Å²) in [5.41, 5.74) is 1.11. The predicted octanol–water partition coefficient (Wildman–Crippen LogP) is 1.45. The van der Waals surface area contributed by atoms with Gasteiger partial charge >= 0.3 is 0 Å². The highest BCUT2D eigenvalue weighted by Gasteiger charge is 2.17. The van der Waals surface area contributed by atoms with Gasteiger partial charge in [0.1, 0.15) is 5.75 Å². The van der Waals surface area contributed by atoms with E-state index in [9.17, 15) is 16.8 Å². The molecule has 3 rings (SSSR count). The molecule has 28 heavy (non-hydrogen) atoms. The Morgan fingerprint density at radius 3 is 2.54 bits per heavy atom. The number of nitrogens with one attached hydrogen (secondary N) is 2. The summed E-state index contributed by atoms with van der Waals surface area (Å²) in [5, 5.41) is 4.03. The van der Waals surface area contributed by atoms with Crippen molar-refractivity contribution in [3.05, 3.63) is 54.9 Å². The van der Waals surface area contributed by atoms with Crippen molar-refractivity contribution in [1.29, 1.82) is 0 Å². The number of ether oxygens (including phenoxy) is 1. The van der Waals surface area contributed by atoms with Crippen LogP contribution in [0.3, 0.4) is 0 Å². The molecular weight excluding hydrogens is 404 g/mol. The highest BCUT2D eigenvalue weighted by molar-refractivity contribution is 7.92. The molecule has 9 nitrogen and oxygen atoms in total. The Labute approximate surface area is 163 Å². The summed E-state index contributed by atoms with van der Waals surface area (Å²) in [6, 6.07) is 10.8. The minimum atomic E-state index is -3.82. The summed E-state index contributed by atoms with van der Waals surface area (Å²) in [6.07, 6.45) is 3.23. The average molecular weight is 425 g/mol. The van der Waals surface area contributed by atoms with E-state index in [1.54, 1.807) is 47.2 Å². The zero-order valence-electron chi connectivity index (χ0n) is 15.1. The molecule has 2 N–H and O–H groups in total. The summed E-state index contributed by atoms with van der Waals surface area (Å²) >= 11 is 0. The fraction of sp³-hybridized carbons (Fsp3) is 0.235. The van der Waals surface area contributed by atoms with Gasteiger partial charge < -0.3 is 4.74 Å². The molecule has 0 saturated heterocycles. The van der Waals surface area contributed by atoms with Gasteiger partial charge in [-0.3, -0.25) is 4.72 Å². The number of hydrogen-bond donors (Lipinski definition) is 2. The van der Waals surface area contributed by atoms with Crippen molar-refractivity contribution in [2.75, 3.05) is 23.6 Å². The normalized spacial score (nSPS) is 12.2. The molecule has 0 amide bonds. The molecule has 0 aliphatic carbocycles. The molecule has 1 aromatic carbocycles. The minimum absolute atomic E-state index is 0.0347. The molecule has 0 aliphatic rings. The zero-order valence-corrected chi connectivity index (χ0v) is 16.7. The van der Waals surface area contributed by atoms with Gasteiger partial charge in [0.15, 0.2) is 0 Å². The van der Waals surface area contributed by atoms with E-state index in [-0.39, 0.29) is 11.4 Å². The first-order chi connectivity index (χ1) is 13.3. The van der Waals surface area contributed by atoms with Gasteiger partial charge in [-0.1, -0.05) is 0 Å². The van der Waals surface area contributed by atoms with E-state index in [1.165, 1.54) is 12.1 Å². The van der Waals surface area contributed by atoms with Crippen LogP contribution in [0.5, 0.6) is 5.75 Å². The van der Waals surface area contributed by atoms with E-state index in [0.717, 1.165) is 5.52 Å². The van der Waals surface area contributed by atoms with Crippen LogP contribution in [0.25, 0.3) is 5.52 Å². The van der Waals surface area contributed by atoms with E-state index in [1.807, 2.05) is 6.92 Å². The van der Waals surface area contributed by atoms with Crippen LogP contribution in [0.2, 0.25) is 0 Å². The van der Waals surface area contributed by atoms with E-state index < -0.39 is 25.8 Å². The summed E-state index contributed by atoms with van der Waals surface area (Å²) in [7, 11) is -7.55. The summed E-state index contributed by atoms with van der Waals surface area (Å²) in [6.45, 7) is 2.04. The van der Waals surface area contributed by atoms with Crippen molar-refractivity contribution in [2.45, 2.75) is 11.8 Å². The van der Waals surface area contributed by atoms with Crippen molar-refractivity contribution in [1.82, 2.24) is 14.3 Å². The van der Waals surface area contributed by atoms with Gasteiger partial charge in [0.05, 0.1) is 28.5 Å². The number of anilines is 1. The molecule has 0 saturated carbocycles. The van der Waals surface area contributed by atoms with Crippen LogP contribution in [0.15, 0.2) is 59.8 Å². The molecule has 2 heterocycles. The molecule has 0 bridgehead atoms. The SMILES string of the molecule is CCOc1ccc(S(=O)(=O)NCCS(=O)(=O)Nc2ccn3nccc3c2)cc1. The van der Waals surface area contributed by atoms with Crippen LogP contribution < -0.4 is 14.2 Å². The number of rotatable bonds is 9. The fourth-order valence-electron chi connectivity index (χ4n) is 2.49.